The number of unbranched alkanes of at least 4 members (excludes halogenated alkanes) is 2. The van der Waals surface area contributed by atoms with Gasteiger partial charge in [0.1, 0.15) is 0 Å². The van der Waals surface area contributed by atoms with Gasteiger partial charge >= 0.3 is 0 Å². The summed E-state index contributed by atoms with van der Waals surface area (Å²) in [6, 6.07) is 3.59. The Labute approximate surface area is 112 Å². The van der Waals surface area contributed by atoms with Crippen molar-refractivity contribution < 1.29 is 14.0 Å². The van der Waals surface area contributed by atoms with Gasteiger partial charge in [0.2, 0.25) is 11.7 Å². The molecule has 0 saturated heterocycles. The smallest absolute Gasteiger partial charge is 0.241 e. The molecular weight excluding hydrogens is 246 g/mol. The van der Waals surface area contributed by atoms with Gasteiger partial charge in [-0.15, -0.1) is 0 Å². The predicted octanol–water partition coefficient (Wildman–Crippen LogP) is 1.92. The Morgan fingerprint density at radius 3 is 2.95 bits per heavy atom. The van der Waals surface area contributed by atoms with Crippen LogP contribution in [0.2, 0.25) is 0 Å². The molecule has 0 saturated carbocycles. The number of aliphatic hydroxyl groups excluding tert-OH is 1. The quantitative estimate of drug-likeness (QED) is 0.735. The summed E-state index contributed by atoms with van der Waals surface area (Å²) < 4.78 is 10.4. The van der Waals surface area contributed by atoms with Crippen molar-refractivity contribution in [1.29, 1.82) is 0 Å². The molecule has 1 N–H and O–H groups in total. The number of hydrogen-bond acceptors (Lipinski definition) is 6. The van der Waals surface area contributed by atoms with Gasteiger partial charge in [0, 0.05) is 6.61 Å². The molecule has 104 valence electrons. The Morgan fingerprint density at radius 1 is 1.32 bits per heavy atom. The molecule has 6 nitrogen and oxygen atoms in total. The maximum absolute atomic E-state index is 8.70. The maximum Gasteiger partial charge on any atom is 0.241 e. The summed E-state index contributed by atoms with van der Waals surface area (Å²) in [5.74, 6) is 1.67. The maximum atomic E-state index is 8.70. The second-order valence-corrected chi connectivity index (χ2v) is 4.51. The zero-order valence-corrected chi connectivity index (χ0v) is 11.1. The molecular formula is C13H19N3O3. The normalized spacial score (nSPS) is 11.3. The Bertz CT molecular complexity index is 467. The van der Waals surface area contributed by atoms with Crippen LogP contribution in [0.5, 0.6) is 0 Å². The first kappa shape index (κ1) is 13.8. The highest BCUT2D eigenvalue weighted by molar-refractivity contribution is 5.44. The minimum Gasteiger partial charge on any atom is -0.461 e. The molecule has 2 heterocycles. The average molecular weight is 265 g/mol. The fraction of sp³-hybridized carbons (Fsp3) is 0.538. The van der Waals surface area contributed by atoms with Crippen LogP contribution >= 0.6 is 0 Å². The Hall–Kier alpha value is -1.66. The van der Waals surface area contributed by atoms with Gasteiger partial charge in [-0.1, -0.05) is 5.16 Å². The van der Waals surface area contributed by atoms with Gasteiger partial charge in [-0.3, -0.25) is 4.90 Å². The number of nitrogens with zero attached hydrogens (tertiary/aromatic N) is 3. The van der Waals surface area contributed by atoms with E-state index in [4.69, 9.17) is 14.0 Å². The highest BCUT2D eigenvalue weighted by Crippen LogP contribution is 2.16. The third-order valence-corrected chi connectivity index (χ3v) is 2.81. The number of rotatable bonds is 8. The molecule has 0 aliphatic carbocycles. The minimum absolute atomic E-state index is 0.264. The largest absolute Gasteiger partial charge is 0.461 e. The first-order chi connectivity index (χ1) is 9.29. The third-order valence-electron chi connectivity index (χ3n) is 2.81. The van der Waals surface area contributed by atoms with Gasteiger partial charge in [-0.2, -0.15) is 4.98 Å². The molecule has 2 aromatic rings. The van der Waals surface area contributed by atoms with Crippen LogP contribution in [-0.2, 0) is 6.54 Å². The minimum atomic E-state index is 0.264. The summed E-state index contributed by atoms with van der Waals surface area (Å²) in [6.07, 6.45) is 4.52. The number of aromatic nitrogens is 2. The van der Waals surface area contributed by atoms with E-state index in [-0.39, 0.29) is 6.61 Å². The van der Waals surface area contributed by atoms with Crippen molar-refractivity contribution in [2.24, 2.45) is 0 Å². The van der Waals surface area contributed by atoms with Crippen molar-refractivity contribution >= 4 is 0 Å². The Balaban J connectivity index is 1.79. The van der Waals surface area contributed by atoms with E-state index in [0.717, 1.165) is 25.8 Å². The fourth-order valence-corrected chi connectivity index (χ4v) is 1.81. The first-order valence-corrected chi connectivity index (χ1v) is 6.45. The lowest BCUT2D eigenvalue weighted by atomic mass is 10.2. The van der Waals surface area contributed by atoms with Crippen molar-refractivity contribution in [3.05, 3.63) is 24.3 Å². The van der Waals surface area contributed by atoms with Gasteiger partial charge in [-0.05, 0) is 45.0 Å². The summed E-state index contributed by atoms with van der Waals surface area (Å²) in [6.45, 7) is 1.82. The molecule has 0 radical (unpaired) electrons. The van der Waals surface area contributed by atoms with Crippen molar-refractivity contribution in [3.63, 3.8) is 0 Å². The molecule has 2 aromatic heterocycles. The van der Waals surface area contributed by atoms with Crippen LogP contribution in [0.1, 0.15) is 25.2 Å². The van der Waals surface area contributed by atoms with E-state index in [9.17, 15) is 0 Å². The lowest BCUT2D eigenvalue weighted by molar-refractivity contribution is 0.251. The average Bonchev–Trinajstić information content (AvgIpc) is 3.04. The van der Waals surface area contributed by atoms with Crippen molar-refractivity contribution in [3.8, 4) is 11.6 Å². The van der Waals surface area contributed by atoms with Crippen LogP contribution in [0.15, 0.2) is 27.3 Å². The van der Waals surface area contributed by atoms with Crippen LogP contribution in [0, 0.1) is 0 Å². The highest BCUT2D eigenvalue weighted by atomic mass is 16.5. The van der Waals surface area contributed by atoms with Gasteiger partial charge < -0.3 is 14.0 Å². The number of hydrogen-bond donors (Lipinski definition) is 1. The fourth-order valence-electron chi connectivity index (χ4n) is 1.81. The number of furan rings is 1. The molecule has 0 fully saturated rings. The molecule has 0 unspecified atom stereocenters. The molecule has 0 amide bonds. The molecule has 0 aromatic carbocycles. The zero-order chi connectivity index (χ0) is 13.5. The SMILES string of the molecule is CN(CCCCCO)Cc1nc(-c2ccco2)no1. The van der Waals surface area contributed by atoms with Crippen molar-refractivity contribution in [2.75, 3.05) is 20.2 Å². The molecule has 0 aliphatic rings. The van der Waals surface area contributed by atoms with E-state index in [1.165, 1.54) is 0 Å². The van der Waals surface area contributed by atoms with E-state index in [0.29, 0.717) is 24.0 Å². The summed E-state index contributed by atoms with van der Waals surface area (Å²) in [7, 11) is 2.01. The summed E-state index contributed by atoms with van der Waals surface area (Å²) >= 11 is 0. The van der Waals surface area contributed by atoms with Gasteiger partial charge in [-0.25, -0.2) is 0 Å². The second-order valence-electron chi connectivity index (χ2n) is 4.51. The molecule has 0 aliphatic heterocycles. The van der Waals surface area contributed by atoms with Crippen LogP contribution in [0.3, 0.4) is 0 Å². The second kappa shape index (κ2) is 7.06. The third kappa shape index (κ3) is 4.18. The first-order valence-electron chi connectivity index (χ1n) is 6.45. The molecule has 0 atom stereocenters. The van der Waals surface area contributed by atoms with E-state index in [2.05, 4.69) is 15.0 Å². The highest BCUT2D eigenvalue weighted by Gasteiger charge is 2.12. The standard InChI is InChI=1S/C13H19N3O3/c1-16(7-3-2-4-8-17)10-12-14-13(15-19-12)11-6-5-9-18-11/h5-6,9,17H,2-4,7-8,10H2,1H3. The van der Waals surface area contributed by atoms with Crippen LogP contribution < -0.4 is 0 Å². The molecule has 6 heteroatoms. The summed E-state index contributed by atoms with van der Waals surface area (Å²) in [5, 5.41) is 12.6. The lowest BCUT2D eigenvalue weighted by Gasteiger charge is -2.13. The zero-order valence-electron chi connectivity index (χ0n) is 11.1. The van der Waals surface area contributed by atoms with Crippen LogP contribution in [0.25, 0.3) is 11.6 Å². The summed E-state index contributed by atoms with van der Waals surface area (Å²) in [4.78, 5) is 6.41. The molecule has 19 heavy (non-hydrogen) atoms. The van der Waals surface area contributed by atoms with Crippen molar-refractivity contribution in [1.82, 2.24) is 15.0 Å². The van der Waals surface area contributed by atoms with E-state index in [1.807, 2.05) is 7.05 Å². The van der Waals surface area contributed by atoms with Gasteiger partial charge in [0.25, 0.3) is 0 Å². The molecule has 0 bridgehead atoms. The monoisotopic (exact) mass is 265 g/mol. The topological polar surface area (TPSA) is 75.5 Å². The predicted molar refractivity (Wildman–Crippen MR) is 69.3 cm³/mol. The van der Waals surface area contributed by atoms with Gasteiger partial charge in [0.05, 0.1) is 12.8 Å². The van der Waals surface area contributed by atoms with Crippen molar-refractivity contribution in [2.45, 2.75) is 25.8 Å². The van der Waals surface area contributed by atoms with E-state index < -0.39 is 0 Å². The van der Waals surface area contributed by atoms with Crippen LogP contribution in [0.4, 0.5) is 0 Å². The van der Waals surface area contributed by atoms with E-state index >= 15 is 0 Å². The Morgan fingerprint density at radius 2 is 2.21 bits per heavy atom. The molecule has 0 spiro atoms. The molecule has 2 rings (SSSR count). The van der Waals surface area contributed by atoms with Crippen LogP contribution in [-0.4, -0.2) is 40.3 Å². The lowest BCUT2D eigenvalue weighted by Crippen LogP contribution is -2.19. The summed E-state index contributed by atoms with van der Waals surface area (Å²) in [5.41, 5.74) is 0. The number of aliphatic hydroxyl groups is 1. The Kier molecular flexibility index (Phi) is 5.11. The van der Waals surface area contributed by atoms with E-state index in [1.54, 1.807) is 18.4 Å². The van der Waals surface area contributed by atoms with Gasteiger partial charge in [0.15, 0.2) is 5.76 Å².